The number of phenols is 1. The first-order valence-corrected chi connectivity index (χ1v) is 5.76. The Morgan fingerprint density at radius 1 is 1.07 bits per heavy atom. The van der Waals surface area contributed by atoms with Gasteiger partial charge in [-0.25, -0.2) is 0 Å². The van der Waals surface area contributed by atoms with Crippen LogP contribution in [0.3, 0.4) is 0 Å². The fourth-order valence-electron chi connectivity index (χ4n) is 1.77. The standard InChI is InChI=1S/C13H14OS/c14-13-11(5-3-9-15)8-7-10-4-1-2-6-12(10)13/h1-2,4,6-8,14-15H,3,5,9H2. The number of hydrogen-bond acceptors (Lipinski definition) is 2. The van der Waals surface area contributed by atoms with Crippen molar-refractivity contribution in [3.05, 3.63) is 42.0 Å². The highest BCUT2D eigenvalue weighted by Gasteiger charge is 2.04. The smallest absolute Gasteiger partial charge is 0.126 e. The summed E-state index contributed by atoms with van der Waals surface area (Å²) in [7, 11) is 0. The third-order valence-electron chi connectivity index (χ3n) is 2.59. The lowest BCUT2D eigenvalue weighted by Gasteiger charge is -2.06. The van der Waals surface area contributed by atoms with E-state index in [1.165, 1.54) is 0 Å². The molecule has 0 heterocycles. The van der Waals surface area contributed by atoms with Crippen LogP contribution in [0.5, 0.6) is 5.75 Å². The number of phenolic OH excluding ortho intramolecular Hbond substituents is 1. The maximum atomic E-state index is 10.1. The molecule has 2 aromatic rings. The maximum Gasteiger partial charge on any atom is 0.126 e. The molecule has 78 valence electrons. The summed E-state index contributed by atoms with van der Waals surface area (Å²) in [6.45, 7) is 0. The average molecular weight is 218 g/mol. The Labute approximate surface area is 95.2 Å². The Balaban J connectivity index is 2.45. The zero-order valence-corrected chi connectivity index (χ0v) is 9.37. The van der Waals surface area contributed by atoms with E-state index in [1.807, 2.05) is 30.3 Å². The fraction of sp³-hybridized carbons (Fsp3) is 0.231. The number of aryl methyl sites for hydroxylation is 1. The van der Waals surface area contributed by atoms with Crippen molar-refractivity contribution in [1.82, 2.24) is 0 Å². The highest BCUT2D eigenvalue weighted by Crippen LogP contribution is 2.29. The van der Waals surface area contributed by atoms with Gasteiger partial charge in [-0.2, -0.15) is 12.6 Å². The van der Waals surface area contributed by atoms with Gasteiger partial charge in [-0.15, -0.1) is 0 Å². The molecule has 0 spiro atoms. The number of hydrogen-bond donors (Lipinski definition) is 2. The Bertz CT molecular complexity index is 465. The molecule has 0 amide bonds. The molecule has 15 heavy (non-hydrogen) atoms. The first-order valence-electron chi connectivity index (χ1n) is 5.13. The molecule has 0 saturated heterocycles. The van der Waals surface area contributed by atoms with Crippen LogP contribution in [0.25, 0.3) is 10.8 Å². The minimum Gasteiger partial charge on any atom is -0.507 e. The van der Waals surface area contributed by atoms with Crippen molar-refractivity contribution in [2.24, 2.45) is 0 Å². The molecule has 0 aliphatic rings. The van der Waals surface area contributed by atoms with Gasteiger partial charge in [-0.05, 0) is 29.5 Å². The number of aromatic hydroxyl groups is 1. The van der Waals surface area contributed by atoms with Crippen LogP contribution in [0.2, 0.25) is 0 Å². The van der Waals surface area contributed by atoms with E-state index in [9.17, 15) is 5.11 Å². The number of thiol groups is 1. The van der Waals surface area contributed by atoms with Gasteiger partial charge < -0.3 is 5.11 Å². The summed E-state index contributed by atoms with van der Waals surface area (Å²) in [6, 6.07) is 12.0. The second-order valence-corrected chi connectivity index (χ2v) is 4.07. The van der Waals surface area contributed by atoms with Gasteiger partial charge in [0, 0.05) is 5.39 Å². The second kappa shape index (κ2) is 4.58. The normalized spacial score (nSPS) is 10.7. The van der Waals surface area contributed by atoms with Crippen LogP contribution in [0.4, 0.5) is 0 Å². The van der Waals surface area contributed by atoms with E-state index in [-0.39, 0.29) is 0 Å². The minimum absolute atomic E-state index is 0.426. The highest BCUT2D eigenvalue weighted by molar-refractivity contribution is 7.80. The fourth-order valence-corrected chi connectivity index (χ4v) is 1.93. The molecule has 0 radical (unpaired) electrons. The van der Waals surface area contributed by atoms with Crippen LogP contribution in [-0.2, 0) is 6.42 Å². The molecular weight excluding hydrogens is 204 g/mol. The van der Waals surface area contributed by atoms with E-state index in [1.54, 1.807) is 0 Å². The summed E-state index contributed by atoms with van der Waals surface area (Å²) < 4.78 is 0. The Kier molecular flexibility index (Phi) is 3.17. The van der Waals surface area contributed by atoms with Crippen molar-refractivity contribution in [2.75, 3.05) is 5.75 Å². The molecule has 0 aliphatic heterocycles. The molecule has 0 aromatic heterocycles. The zero-order chi connectivity index (χ0) is 10.7. The van der Waals surface area contributed by atoms with Crippen molar-refractivity contribution in [1.29, 1.82) is 0 Å². The summed E-state index contributed by atoms with van der Waals surface area (Å²) in [6.07, 6.45) is 1.88. The summed E-state index contributed by atoms with van der Waals surface area (Å²) in [4.78, 5) is 0. The molecule has 0 fully saturated rings. The lowest BCUT2D eigenvalue weighted by Crippen LogP contribution is -1.88. The van der Waals surface area contributed by atoms with Gasteiger partial charge in [-0.3, -0.25) is 0 Å². The van der Waals surface area contributed by atoms with Gasteiger partial charge in [0.1, 0.15) is 5.75 Å². The quantitative estimate of drug-likeness (QED) is 0.756. The van der Waals surface area contributed by atoms with E-state index in [0.29, 0.717) is 5.75 Å². The van der Waals surface area contributed by atoms with Crippen molar-refractivity contribution in [3.8, 4) is 5.75 Å². The molecule has 0 aliphatic carbocycles. The van der Waals surface area contributed by atoms with Crippen molar-refractivity contribution in [3.63, 3.8) is 0 Å². The topological polar surface area (TPSA) is 20.2 Å². The van der Waals surface area contributed by atoms with Crippen molar-refractivity contribution >= 4 is 23.4 Å². The second-order valence-electron chi connectivity index (χ2n) is 3.62. The van der Waals surface area contributed by atoms with Crippen molar-refractivity contribution in [2.45, 2.75) is 12.8 Å². The number of fused-ring (bicyclic) bond motifs is 1. The van der Waals surface area contributed by atoms with E-state index in [0.717, 1.165) is 34.9 Å². The minimum atomic E-state index is 0.426. The molecule has 0 atom stereocenters. The van der Waals surface area contributed by atoms with Gasteiger partial charge in [0.2, 0.25) is 0 Å². The summed E-state index contributed by atoms with van der Waals surface area (Å²) in [5.74, 6) is 1.28. The molecule has 2 heteroatoms. The lowest BCUT2D eigenvalue weighted by atomic mass is 10.0. The SMILES string of the molecule is Oc1c(CCCS)ccc2ccccc12. The third kappa shape index (κ3) is 2.10. The van der Waals surface area contributed by atoms with Gasteiger partial charge in [-0.1, -0.05) is 36.4 Å². The molecule has 0 saturated carbocycles. The zero-order valence-electron chi connectivity index (χ0n) is 8.48. The Hall–Kier alpha value is -1.15. The number of benzene rings is 2. The van der Waals surface area contributed by atoms with Crippen LogP contribution in [0.1, 0.15) is 12.0 Å². The summed E-state index contributed by atoms with van der Waals surface area (Å²) in [5, 5.41) is 12.1. The maximum absolute atomic E-state index is 10.1. The van der Waals surface area contributed by atoms with Crippen LogP contribution in [0, 0.1) is 0 Å². The number of rotatable bonds is 3. The summed E-state index contributed by atoms with van der Waals surface area (Å²) >= 11 is 4.18. The predicted octanol–water partition coefficient (Wildman–Crippen LogP) is 3.41. The van der Waals surface area contributed by atoms with Gasteiger partial charge in [0.15, 0.2) is 0 Å². The summed E-state index contributed by atoms with van der Waals surface area (Å²) in [5.41, 5.74) is 1.02. The van der Waals surface area contributed by atoms with Crippen molar-refractivity contribution < 1.29 is 5.11 Å². The first kappa shape index (κ1) is 10.4. The van der Waals surface area contributed by atoms with E-state index in [2.05, 4.69) is 18.7 Å². The largest absolute Gasteiger partial charge is 0.507 e. The first-order chi connectivity index (χ1) is 7.33. The molecule has 2 rings (SSSR count). The average Bonchev–Trinajstić information content (AvgIpc) is 2.29. The molecule has 1 N–H and O–H groups in total. The Morgan fingerprint density at radius 2 is 1.87 bits per heavy atom. The Morgan fingerprint density at radius 3 is 2.67 bits per heavy atom. The third-order valence-corrected chi connectivity index (χ3v) is 2.90. The van der Waals surface area contributed by atoms with E-state index in [4.69, 9.17) is 0 Å². The van der Waals surface area contributed by atoms with E-state index < -0.39 is 0 Å². The van der Waals surface area contributed by atoms with Crippen LogP contribution >= 0.6 is 12.6 Å². The van der Waals surface area contributed by atoms with Gasteiger partial charge >= 0.3 is 0 Å². The van der Waals surface area contributed by atoms with Crippen LogP contribution in [0.15, 0.2) is 36.4 Å². The monoisotopic (exact) mass is 218 g/mol. The lowest BCUT2D eigenvalue weighted by molar-refractivity contribution is 0.474. The molecule has 2 aromatic carbocycles. The van der Waals surface area contributed by atoms with Gasteiger partial charge in [0.25, 0.3) is 0 Å². The van der Waals surface area contributed by atoms with Crippen LogP contribution in [-0.4, -0.2) is 10.9 Å². The van der Waals surface area contributed by atoms with E-state index >= 15 is 0 Å². The molecule has 0 bridgehead atoms. The van der Waals surface area contributed by atoms with Gasteiger partial charge in [0.05, 0.1) is 0 Å². The predicted molar refractivity (Wildman–Crippen MR) is 67.8 cm³/mol. The highest BCUT2D eigenvalue weighted by atomic mass is 32.1. The van der Waals surface area contributed by atoms with Crippen LogP contribution < -0.4 is 0 Å². The molecule has 1 nitrogen and oxygen atoms in total. The molecule has 0 unspecified atom stereocenters. The molecular formula is C13H14OS.